The summed E-state index contributed by atoms with van der Waals surface area (Å²) in [5.41, 5.74) is 6.94. The highest BCUT2D eigenvalue weighted by molar-refractivity contribution is 6.02. The highest BCUT2D eigenvalue weighted by atomic mass is 16.5. The van der Waals surface area contributed by atoms with E-state index in [1.165, 1.54) is 45.0 Å². The van der Waals surface area contributed by atoms with Crippen molar-refractivity contribution in [1.29, 1.82) is 0 Å². The van der Waals surface area contributed by atoms with Crippen LogP contribution in [-0.4, -0.2) is 6.61 Å². The monoisotopic (exact) mass is 418 g/mol. The van der Waals surface area contributed by atoms with Crippen LogP contribution in [0.3, 0.4) is 0 Å². The van der Waals surface area contributed by atoms with E-state index >= 15 is 0 Å². The molecule has 2 aliphatic carbocycles. The Labute approximate surface area is 191 Å². The van der Waals surface area contributed by atoms with Gasteiger partial charge in [-0.2, -0.15) is 0 Å². The van der Waals surface area contributed by atoms with Crippen LogP contribution in [0.5, 0.6) is 0 Å². The van der Waals surface area contributed by atoms with Crippen molar-refractivity contribution < 1.29 is 4.74 Å². The van der Waals surface area contributed by atoms with Crippen molar-refractivity contribution in [2.75, 3.05) is 6.61 Å². The van der Waals surface area contributed by atoms with Crippen molar-refractivity contribution in [3.8, 4) is 11.1 Å². The number of hydrogen-bond donors (Lipinski definition) is 0. The summed E-state index contributed by atoms with van der Waals surface area (Å²) in [4.78, 5) is 0. The van der Waals surface area contributed by atoms with Gasteiger partial charge in [0.1, 0.15) is 6.61 Å². The van der Waals surface area contributed by atoms with E-state index in [0.29, 0.717) is 11.8 Å². The maximum Gasteiger partial charge on any atom is 0.106 e. The minimum Gasteiger partial charge on any atom is -0.497 e. The lowest BCUT2D eigenvalue weighted by atomic mass is 9.65. The molecule has 0 N–H and O–H groups in total. The second-order valence-electron chi connectivity index (χ2n) is 9.13. The molecule has 160 valence electrons. The van der Waals surface area contributed by atoms with Gasteiger partial charge in [-0.1, -0.05) is 91.9 Å². The Hall–Kier alpha value is -3.32. The fourth-order valence-corrected chi connectivity index (χ4v) is 5.49. The fourth-order valence-electron chi connectivity index (χ4n) is 5.49. The Morgan fingerprint density at radius 2 is 1.72 bits per heavy atom. The van der Waals surface area contributed by atoms with Crippen LogP contribution >= 0.6 is 0 Å². The van der Waals surface area contributed by atoms with Gasteiger partial charge in [-0.3, -0.25) is 0 Å². The van der Waals surface area contributed by atoms with Crippen LogP contribution in [0.15, 0.2) is 103 Å². The molecule has 3 atom stereocenters. The standard InChI is InChI=1S/C26H24.C5H6O/c1-17-14-18(2)26-20(15-17)12-13-23-21-10-6-7-11-22(21)24(16-25(23)26)19-8-4-3-5-9-19;1-2-4-6-5-3-1/h3-13,16-17,20,26H,2,14-15H2,1H3;1-4H,5H2. The summed E-state index contributed by atoms with van der Waals surface area (Å²) in [6.45, 7) is 7.59. The molecule has 32 heavy (non-hydrogen) atoms. The van der Waals surface area contributed by atoms with Crippen molar-refractivity contribution in [3.63, 3.8) is 0 Å². The second-order valence-corrected chi connectivity index (χ2v) is 9.13. The lowest BCUT2D eigenvalue weighted by Crippen LogP contribution is -2.25. The van der Waals surface area contributed by atoms with Gasteiger partial charge in [0.15, 0.2) is 0 Å². The van der Waals surface area contributed by atoms with Gasteiger partial charge in [0.25, 0.3) is 0 Å². The topological polar surface area (TPSA) is 9.23 Å². The first-order valence-corrected chi connectivity index (χ1v) is 11.6. The zero-order valence-corrected chi connectivity index (χ0v) is 18.7. The molecule has 3 aromatic rings. The maximum atomic E-state index is 4.80. The van der Waals surface area contributed by atoms with Crippen LogP contribution in [0.4, 0.5) is 0 Å². The third-order valence-corrected chi connectivity index (χ3v) is 6.82. The van der Waals surface area contributed by atoms with Crippen LogP contribution in [0.25, 0.3) is 28.0 Å². The molecule has 3 aromatic carbocycles. The number of hydrogen-bond acceptors (Lipinski definition) is 1. The van der Waals surface area contributed by atoms with Gasteiger partial charge in [-0.05, 0) is 75.9 Å². The average molecular weight is 419 g/mol. The summed E-state index contributed by atoms with van der Waals surface area (Å²) in [5, 5.41) is 2.71. The van der Waals surface area contributed by atoms with Crippen LogP contribution in [0.2, 0.25) is 0 Å². The van der Waals surface area contributed by atoms with Crippen molar-refractivity contribution in [2.45, 2.75) is 25.7 Å². The molecule has 1 heteroatoms. The van der Waals surface area contributed by atoms with Gasteiger partial charge in [-0.25, -0.2) is 0 Å². The van der Waals surface area contributed by atoms with Gasteiger partial charge >= 0.3 is 0 Å². The van der Waals surface area contributed by atoms with E-state index in [4.69, 9.17) is 4.74 Å². The first kappa shape index (κ1) is 20.6. The number of benzene rings is 3. The van der Waals surface area contributed by atoms with Gasteiger partial charge in [-0.15, -0.1) is 0 Å². The molecule has 0 amide bonds. The molecule has 3 aliphatic rings. The van der Waals surface area contributed by atoms with Crippen molar-refractivity contribution in [3.05, 3.63) is 115 Å². The van der Waals surface area contributed by atoms with Gasteiger partial charge in [0, 0.05) is 5.92 Å². The summed E-state index contributed by atoms with van der Waals surface area (Å²) in [6, 6.07) is 22.1. The Morgan fingerprint density at radius 1 is 0.938 bits per heavy atom. The molecule has 1 aliphatic heterocycles. The summed E-state index contributed by atoms with van der Waals surface area (Å²) < 4.78 is 4.80. The van der Waals surface area contributed by atoms with Gasteiger partial charge in [0.05, 0.1) is 6.26 Å². The Balaban J connectivity index is 0.000000314. The highest BCUT2D eigenvalue weighted by Crippen LogP contribution is 2.50. The normalized spacial score (nSPS) is 23.0. The number of rotatable bonds is 1. The molecule has 0 radical (unpaired) electrons. The fraction of sp³-hybridized carbons (Fsp3) is 0.226. The third kappa shape index (κ3) is 3.96. The predicted molar refractivity (Wildman–Crippen MR) is 136 cm³/mol. The zero-order chi connectivity index (χ0) is 21.9. The molecule has 0 spiro atoms. The molecule has 6 rings (SSSR count). The Bertz CT molecular complexity index is 1200. The number of fused-ring (bicyclic) bond motifs is 5. The van der Waals surface area contributed by atoms with Crippen LogP contribution in [-0.2, 0) is 4.74 Å². The quantitative estimate of drug-likeness (QED) is 0.361. The lowest BCUT2D eigenvalue weighted by Gasteiger charge is -2.39. The number of ether oxygens (including phenoxy) is 1. The number of allylic oxidation sites excluding steroid dienone is 4. The van der Waals surface area contributed by atoms with Gasteiger partial charge < -0.3 is 4.74 Å². The Morgan fingerprint density at radius 3 is 2.41 bits per heavy atom. The largest absolute Gasteiger partial charge is 0.497 e. The Kier molecular flexibility index (Phi) is 5.81. The minimum absolute atomic E-state index is 0.471. The minimum atomic E-state index is 0.471. The molecule has 1 fully saturated rings. The summed E-state index contributed by atoms with van der Waals surface area (Å²) >= 11 is 0. The summed E-state index contributed by atoms with van der Waals surface area (Å²) in [6.07, 6.45) is 14.7. The molecular weight excluding hydrogens is 388 g/mol. The van der Waals surface area contributed by atoms with Gasteiger partial charge in [0.2, 0.25) is 0 Å². The van der Waals surface area contributed by atoms with Crippen molar-refractivity contribution in [1.82, 2.24) is 0 Å². The average Bonchev–Trinajstić information content (AvgIpc) is 2.85. The predicted octanol–water partition coefficient (Wildman–Crippen LogP) is 8.31. The first-order valence-electron chi connectivity index (χ1n) is 11.6. The van der Waals surface area contributed by atoms with E-state index in [0.717, 1.165) is 18.9 Å². The van der Waals surface area contributed by atoms with E-state index in [2.05, 4.69) is 86.3 Å². The van der Waals surface area contributed by atoms with E-state index in [9.17, 15) is 0 Å². The first-order chi connectivity index (χ1) is 15.7. The second kappa shape index (κ2) is 9.04. The molecule has 1 nitrogen and oxygen atoms in total. The van der Waals surface area contributed by atoms with Crippen LogP contribution < -0.4 is 0 Å². The van der Waals surface area contributed by atoms with E-state index in [1.807, 2.05) is 18.2 Å². The molecule has 0 saturated heterocycles. The summed E-state index contributed by atoms with van der Waals surface area (Å²) in [5.74, 6) is 1.81. The van der Waals surface area contributed by atoms with Crippen LogP contribution in [0, 0.1) is 11.8 Å². The van der Waals surface area contributed by atoms with E-state index in [1.54, 1.807) is 6.26 Å². The molecule has 1 heterocycles. The molecule has 0 bridgehead atoms. The maximum absolute atomic E-state index is 4.80. The lowest BCUT2D eigenvalue weighted by molar-refractivity contribution is 0.286. The molecular formula is C31H30O. The molecule has 3 unspecified atom stereocenters. The van der Waals surface area contributed by atoms with E-state index in [-0.39, 0.29) is 0 Å². The van der Waals surface area contributed by atoms with Crippen LogP contribution in [0.1, 0.15) is 36.8 Å². The summed E-state index contributed by atoms with van der Waals surface area (Å²) in [7, 11) is 0. The van der Waals surface area contributed by atoms with Crippen molar-refractivity contribution in [2.24, 2.45) is 11.8 Å². The smallest absolute Gasteiger partial charge is 0.106 e. The third-order valence-electron chi connectivity index (χ3n) is 6.82. The zero-order valence-electron chi connectivity index (χ0n) is 18.7. The van der Waals surface area contributed by atoms with Crippen molar-refractivity contribution >= 4 is 16.8 Å². The van der Waals surface area contributed by atoms with E-state index < -0.39 is 0 Å². The highest BCUT2D eigenvalue weighted by Gasteiger charge is 2.34. The molecule has 1 saturated carbocycles. The SMILES string of the molecule is C1=CCOC=C1.C=C1CC(C)CC2C=Cc3c(cc(-c4ccccc4)c4ccccc34)C12. The molecule has 0 aromatic heterocycles.